The van der Waals surface area contributed by atoms with Crippen LogP contribution in [0.3, 0.4) is 0 Å². The molecule has 5 nitrogen and oxygen atoms in total. The Morgan fingerprint density at radius 2 is 2.05 bits per heavy atom. The van der Waals surface area contributed by atoms with Crippen LogP contribution in [0.1, 0.15) is 22.8 Å². The molecule has 0 unspecified atom stereocenters. The zero-order valence-electron chi connectivity index (χ0n) is 11.9. The first kappa shape index (κ1) is 15.9. The van der Waals surface area contributed by atoms with Crippen LogP contribution >= 0.6 is 11.6 Å². The van der Waals surface area contributed by atoms with Crippen LogP contribution in [0.4, 0.5) is 0 Å². The fourth-order valence-corrected chi connectivity index (χ4v) is 2.37. The summed E-state index contributed by atoms with van der Waals surface area (Å²) in [6.45, 7) is 5.70. The normalized spacial score (nSPS) is 15.7. The van der Waals surface area contributed by atoms with Crippen molar-refractivity contribution >= 4 is 23.4 Å². The highest BCUT2D eigenvalue weighted by atomic mass is 35.5. The van der Waals surface area contributed by atoms with Crippen LogP contribution in [0.15, 0.2) is 18.2 Å². The summed E-state index contributed by atoms with van der Waals surface area (Å²) in [4.78, 5) is 25.5. The van der Waals surface area contributed by atoms with Crippen LogP contribution in [0.5, 0.6) is 0 Å². The standard InChI is InChI=1S/C15H18ClNO4/c1-2-21-15(19)14(18)11-3-4-12(13(16)9-11)10-17-5-7-20-8-6-17/h3-4,9H,2,5-8,10H2,1H3. The molecule has 1 aliphatic rings. The molecule has 114 valence electrons. The second kappa shape index (κ2) is 7.54. The molecule has 1 heterocycles. The van der Waals surface area contributed by atoms with Gasteiger partial charge in [-0.05, 0) is 18.6 Å². The molecule has 0 aromatic heterocycles. The van der Waals surface area contributed by atoms with Gasteiger partial charge in [0.1, 0.15) is 0 Å². The van der Waals surface area contributed by atoms with Gasteiger partial charge in [0, 0.05) is 30.2 Å². The number of nitrogens with zero attached hydrogens (tertiary/aromatic N) is 1. The summed E-state index contributed by atoms with van der Waals surface area (Å²) in [5.74, 6) is -1.52. The summed E-state index contributed by atoms with van der Waals surface area (Å²) < 4.78 is 9.99. The number of ketones is 1. The van der Waals surface area contributed by atoms with E-state index in [1.807, 2.05) is 0 Å². The number of halogens is 1. The van der Waals surface area contributed by atoms with Crippen molar-refractivity contribution in [1.82, 2.24) is 4.90 Å². The van der Waals surface area contributed by atoms with Crippen LogP contribution in [0.25, 0.3) is 0 Å². The molecule has 2 rings (SSSR count). The zero-order valence-corrected chi connectivity index (χ0v) is 12.7. The highest BCUT2D eigenvalue weighted by molar-refractivity contribution is 6.41. The Labute approximate surface area is 128 Å². The number of esters is 1. The van der Waals surface area contributed by atoms with Crippen LogP contribution in [-0.4, -0.2) is 49.6 Å². The van der Waals surface area contributed by atoms with Crippen molar-refractivity contribution in [2.75, 3.05) is 32.9 Å². The van der Waals surface area contributed by atoms with Crippen molar-refractivity contribution in [1.29, 1.82) is 0 Å². The van der Waals surface area contributed by atoms with Crippen molar-refractivity contribution in [3.05, 3.63) is 34.3 Å². The lowest BCUT2D eigenvalue weighted by atomic mass is 10.1. The smallest absolute Gasteiger partial charge is 0.379 e. The Morgan fingerprint density at radius 1 is 1.33 bits per heavy atom. The molecule has 6 heteroatoms. The fourth-order valence-electron chi connectivity index (χ4n) is 2.13. The Hall–Kier alpha value is -1.43. The topological polar surface area (TPSA) is 55.8 Å². The third-order valence-electron chi connectivity index (χ3n) is 3.27. The summed E-state index contributed by atoms with van der Waals surface area (Å²) in [6.07, 6.45) is 0. The van der Waals surface area contributed by atoms with Crippen LogP contribution in [0.2, 0.25) is 5.02 Å². The molecule has 1 aromatic rings. The zero-order chi connectivity index (χ0) is 15.2. The minimum Gasteiger partial charge on any atom is -0.460 e. The van der Waals surface area contributed by atoms with Crippen LogP contribution < -0.4 is 0 Å². The molecule has 0 spiro atoms. The largest absolute Gasteiger partial charge is 0.460 e. The maximum absolute atomic E-state index is 11.8. The highest BCUT2D eigenvalue weighted by Crippen LogP contribution is 2.20. The lowest BCUT2D eigenvalue weighted by Gasteiger charge is -2.26. The molecule has 21 heavy (non-hydrogen) atoms. The number of carbonyl (C=O) groups is 2. The minimum absolute atomic E-state index is 0.174. The summed E-state index contributed by atoms with van der Waals surface area (Å²) >= 11 is 6.21. The number of carbonyl (C=O) groups excluding carboxylic acids is 2. The molecule has 1 fully saturated rings. The lowest BCUT2D eigenvalue weighted by Crippen LogP contribution is -2.35. The van der Waals surface area contributed by atoms with Gasteiger partial charge in [0.2, 0.25) is 0 Å². The Kier molecular flexibility index (Phi) is 5.73. The minimum atomic E-state index is -0.852. The van der Waals surface area contributed by atoms with E-state index < -0.39 is 11.8 Å². The molecule has 0 radical (unpaired) electrons. The number of benzene rings is 1. The average Bonchev–Trinajstić information content (AvgIpc) is 2.50. The van der Waals surface area contributed by atoms with E-state index in [1.165, 1.54) is 6.07 Å². The van der Waals surface area contributed by atoms with E-state index in [1.54, 1.807) is 19.1 Å². The molecule has 0 atom stereocenters. The first-order chi connectivity index (χ1) is 10.1. The summed E-state index contributed by atoms with van der Waals surface area (Å²) in [6, 6.07) is 4.92. The quantitative estimate of drug-likeness (QED) is 0.472. The predicted molar refractivity (Wildman–Crippen MR) is 78.5 cm³/mol. The number of morpholine rings is 1. The van der Waals surface area contributed by atoms with Crippen molar-refractivity contribution < 1.29 is 19.1 Å². The van der Waals surface area contributed by atoms with Gasteiger partial charge in [-0.25, -0.2) is 4.79 Å². The molecule has 0 N–H and O–H groups in total. The van der Waals surface area contributed by atoms with Crippen molar-refractivity contribution in [2.45, 2.75) is 13.5 Å². The molecule has 1 saturated heterocycles. The maximum Gasteiger partial charge on any atom is 0.379 e. The van der Waals surface area contributed by atoms with E-state index in [4.69, 9.17) is 21.1 Å². The molecule has 1 aromatic carbocycles. The molecular formula is C15H18ClNO4. The third kappa shape index (κ3) is 4.27. The number of hydrogen-bond donors (Lipinski definition) is 0. The van der Waals surface area contributed by atoms with Gasteiger partial charge in [-0.2, -0.15) is 0 Å². The summed E-state index contributed by atoms with van der Waals surface area (Å²) in [5.41, 5.74) is 1.18. The fraction of sp³-hybridized carbons (Fsp3) is 0.467. The summed E-state index contributed by atoms with van der Waals surface area (Å²) in [7, 11) is 0. The van der Waals surface area contributed by atoms with Gasteiger partial charge in [0.05, 0.1) is 19.8 Å². The van der Waals surface area contributed by atoms with Crippen molar-refractivity contribution in [2.24, 2.45) is 0 Å². The Morgan fingerprint density at radius 3 is 2.67 bits per heavy atom. The second-order valence-corrected chi connectivity index (χ2v) is 5.15. The number of hydrogen-bond acceptors (Lipinski definition) is 5. The monoisotopic (exact) mass is 311 g/mol. The van der Waals surface area contributed by atoms with E-state index in [2.05, 4.69) is 4.90 Å². The number of ether oxygens (including phenoxy) is 2. The van der Waals surface area contributed by atoms with Crippen LogP contribution in [-0.2, 0) is 20.8 Å². The molecular weight excluding hydrogens is 294 g/mol. The Balaban J connectivity index is 2.06. The van der Waals surface area contributed by atoms with Gasteiger partial charge < -0.3 is 9.47 Å². The van der Waals surface area contributed by atoms with E-state index in [-0.39, 0.29) is 12.2 Å². The van der Waals surface area contributed by atoms with Gasteiger partial charge >= 0.3 is 5.97 Å². The van der Waals surface area contributed by atoms with E-state index >= 15 is 0 Å². The van der Waals surface area contributed by atoms with Gasteiger partial charge in [0.25, 0.3) is 5.78 Å². The van der Waals surface area contributed by atoms with Gasteiger partial charge in [-0.1, -0.05) is 23.7 Å². The van der Waals surface area contributed by atoms with E-state index in [9.17, 15) is 9.59 Å². The molecule has 1 aliphatic heterocycles. The van der Waals surface area contributed by atoms with Gasteiger partial charge in [0.15, 0.2) is 0 Å². The second-order valence-electron chi connectivity index (χ2n) is 4.74. The molecule has 0 amide bonds. The number of Topliss-reactive ketones (excluding diaryl/α,β-unsaturated/α-hetero) is 1. The van der Waals surface area contributed by atoms with Crippen molar-refractivity contribution in [3.8, 4) is 0 Å². The van der Waals surface area contributed by atoms with E-state index in [0.717, 1.165) is 31.9 Å². The van der Waals surface area contributed by atoms with Gasteiger partial charge in [-0.3, -0.25) is 9.69 Å². The van der Waals surface area contributed by atoms with Crippen molar-refractivity contribution in [3.63, 3.8) is 0 Å². The molecule has 0 aliphatic carbocycles. The van der Waals surface area contributed by atoms with Crippen LogP contribution in [0, 0.1) is 0 Å². The number of rotatable bonds is 5. The maximum atomic E-state index is 11.8. The molecule has 0 saturated carbocycles. The predicted octanol–water partition coefficient (Wildman–Crippen LogP) is 1.92. The van der Waals surface area contributed by atoms with E-state index in [0.29, 0.717) is 11.6 Å². The Bertz CT molecular complexity index is 526. The third-order valence-corrected chi connectivity index (χ3v) is 3.63. The first-order valence-electron chi connectivity index (χ1n) is 6.91. The molecule has 0 bridgehead atoms. The lowest BCUT2D eigenvalue weighted by molar-refractivity contribution is -0.137. The average molecular weight is 312 g/mol. The summed E-state index contributed by atoms with van der Waals surface area (Å²) in [5, 5.41) is 0.483. The highest BCUT2D eigenvalue weighted by Gasteiger charge is 2.19. The first-order valence-corrected chi connectivity index (χ1v) is 7.29. The SMILES string of the molecule is CCOC(=O)C(=O)c1ccc(CN2CCOCC2)c(Cl)c1. The van der Waals surface area contributed by atoms with Gasteiger partial charge in [-0.15, -0.1) is 0 Å².